The monoisotopic (exact) mass is 198 g/mol. The summed E-state index contributed by atoms with van der Waals surface area (Å²) in [5, 5.41) is 6.02. The SMILES string of the molecule is CC1CC(C(=O)NCCN=[N+]=[N-])CO1. The highest BCUT2D eigenvalue weighted by molar-refractivity contribution is 5.79. The zero-order chi connectivity index (χ0) is 10.4. The molecule has 0 aromatic carbocycles. The van der Waals surface area contributed by atoms with Gasteiger partial charge in [-0.15, -0.1) is 0 Å². The van der Waals surface area contributed by atoms with Crippen molar-refractivity contribution in [3.05, 3.63) is 10.4 Å². The molecule has 1 N–H and O–H groups in total. The van der Waals surface area contributed by atoms with Crippen LogP contribution in [0, 0.1) is 5.92 Å². The van der Waals surface area contributed by atoms with E-state index in [9.17, 15) is 4.79 Å². The zero-order valence-corrected chi connectivity index (χ0v) is 8.14. The van der Waals surface area contributed by atoms with Gasteiger partial charge in [0.15, 0.2) is 0 Å². The molecule has 0 bridgehead atoms. The molecule has 14 heavy (non-hydrogen) atoms. The number of nitrogens with one attached hydrogen (secondary N) is 1. The molecule has 1 aliphatic rings. The Morgan fingerprint density at radius 1 is 1.79 bits per heavy atom. The van der Waals surface area contributed by atoms with Gasteiger partial charge in [0.05, 0.1) is 18.6 Å². The summed E-state index contributed by atoms with van der Waals surface area (Å²) in [5.74, 6) is -0.0569. The molecule has 0 radical (unpaired) electrons. The molecule has 0 spiro atoms. The number of rotatable bonds is 4. The van der Waals surface area contributed by atoms with Crippen LogP contribution in [-0.2, 0) is 9.53 Å². The van der Waals surface area contributed by atoms with Gasteiger partial charge < -0.3 is 10.1 Å². The van der Waals surface area contributed by atoms with Gasteiger partial charge in [0.2, 0.25) is 5.91 Å². The molecule has 1 heterocycles. The molecule has 0 saturated carbocycles. The van der Waals surface area contributed by atoms with Crippen LogP contribution in [0.1, 0.15) is 13.3 Å². The third-order valence-corrected chi connectivity index (χ3v) is 2.14. The maximum Gasteiger partial charge on any atom is 0.225 e. The summed E-state index contributed by atoms with van der Waals surface area (Å²) in [6.07, 6.45) is 0.941. The van der Waals surface area contributed by atoms with Crippen LogP contribution in [0.3, 0.4) is 0 Å². The molecule has 2 atom stereocenters. The Hall–Kier alpha value is -1.26. The van der Waals surface area contributed by atoms with E-state index in [1.807, 2.05) is 6.92 Å². The summed E-state index contributed by atoms with van der Waals surface area (Å²) in [6.45, 7) is 3.14. The maximum atomic E-state index is 11.4. The first-order chi connectivity index (χ1) is 6.74. The van der Waals surface area contributed by atoms with Gasteiger partial charge in [-0.1, -0.05) is 5.11 Å². The predicted molar refractivity (Wildman–Crippen MR) is 50.5 cm³/mol. The quantitative estimate of drug-likeness (QED) is 0.314. The van der Waals surface area contributed by atoms with Crippen LogP contribution in [0.4, 0.5) is 0 Å². The first-order valence-corrected chi connectivity index (χ1v) is 4.64. The summed E-state index contributed by atoms with van der Waals surface area (Å²) >= 11 is 0. The van der Waals surface area contributed by atoms with Crippen molar-refractivity contribution >= 4 is 5.91 Å². The van der Waals surface area contributed by atoms with E-state index in [-0.39, 0.29) is 17.9 Å². The second-order valence-electron chi connectivity index (χ2n) is 3.32. The summed E-state index contributed by atoms with van der Waals surface area (Å²) in [4.78, 5) is 14.0. The van der Waals surface area contributed by atoms with Gasteiger partial charge in [0.1, 0.15) is 0 Å². The first kappa shape index (κ1) is 10.8. The van der Waals surface area contributed by atoms with E-state index in [4.69, 9.17) is 10.3 Å². The largest absolute Gasteiger partial charge is 0.378 e. The van der Waals surface area contributed by atoms with Crippen LogP contribution in [0.2, 0.25) is 0 Å². The summed E-state index contributed by atoms with van der Waals surface area (Å²) in [7, 11) is 0. The highest BCUT2D eigenvalue weighted by Gasteiger charge is 2.27. The zero-order valence-electron chi connectivity index (χ0n) is 8.14. The van der Waals surface area contributed by atoms with E-state index >= 15 is 0 Å². The third-order valence-electron chi connectivity index (χ3n) is 2.14. The van der Waals surface area contributed by atoms with Crippen molar-refractivity contribution in [3.8, 4) is 0 Å². The number of ether oxygens (including phenoxy) is 1. The van der Waals surface area contributed by atoms with Crippen LogP contribution >= 0.6 is 0 Å². The van der Waals surface area contributed by atoms with Gasteiger partial charge in [-0.2, -0.15) is 0 Å². The Morgan fingerprint density at radius 3 is 3.14 bits per heavy atom. The third kappa shape index (κ3) is 3.24. The topological polar surface area (TPSA) is 87.1 Å². The van der Waals surface area contributed by atoms with Gasteiger partial charge in [0.25, 0.3) is 0 Å². The highest BCUT2D eigenvalue weighted by atomic mass is 16.5. The Bertz CT molecular complexity index is 250. The van der Waals surface area contributed by atoms with Crippen molar-refractivity contribution < 1.29 is 9.53 Å². The number of hydrogen-bond donors (Lipinski definition) is 1. The number of hydrogen-bond acceptors (Lipinski definition) is 3. The Labute approximate surface area is 82.2 Å². The smallest absolute Gasteiger partial charge is 0.225 e. The van der Waals surface area contributed by atoms with E-state index < -0.39 is 0 Å². The van der Waals surface area contributed by atoms with Crippen LogP contribution in [0.25, 0.3) is 10.4 Å². The molecule has 2 unspecified atom stereocenters. The number of carbonyl (C=O) groups excluding carboxylic acids is 1. The minimum atomic E-state index is -0.0453. The fraction of sp³-hybridized carbons (Fsp3) is 0.875. The van der Waals surface area contributed by atoms with Crippen LogP contribution < -0.4 is 5.32 Å². The fourth-order valence-corrected chi connectivity index (χ4v) is 1.42. The number of amides is 1. The number of azide groups is 1. The maximum absolute atomic E-state index is 11.4. The normalized spacial score (nSPS) is 25.5. The molecule has 0 aromatic rings. The van der Waals surface area contributed by atoms with Crippen LogP contribution in [0.15, 0.2) is 5.11 Å². The molecular formula is C8H14N4O2. The molecule has 0 aromatic heterocycles. The van der Waals surface area contributed by atoms with Crippen molar-refractivity contribution in [2.24, 2.45) is 11.0 Å². The van der Waals surface area contributed by atoms with Gasteiger partial charge >= 0.3 is 0 Å². The molecule has 1 fully saturated rings. The van der Waals surface area contributed by atoms with E-state index in [0.717, 1.165) is 6.42 Å². The average molecular weight is 198 g/mol. The summed E-state index contributed by atoms with van der Waals surface area (Å²) < 4.78 is 5.27. The second-order valence-corrected chi connectivity index (χ2v) is 3.32. The Balaban J connectivity index is 2.18. The van der Waals surface area contributed by atoms with Crippen molar-refractivity contribution in [2.75, 3.05) is 19.7 Å². The van der Waals surface area contributed by atoms with Crippen molar-refractivity contribution in [1.29, 1.82) is 0 Å². The van der Waals surface area contributed by atoms with E-state index in [1.165, 1.54) is 0 Å². The molecule has 1 rings (SSSR count). The van der Waals surface area contributed by atoms with Crippen LogP contribution in [0.5, 0.6) is 0 Å². The van der Waals surface area contributed by atoms with Crippen molar-refractivity contribution in [2.45, 2.75) is 19.4 Å². The van der Waals surface area contributed by atoms with E-state index in [1.54, 1.807) is 0 Å². The average Bonchev–Trinajstić information content (AvgIpc) is 2.59. The first-order valence-electron chi connectivity index (χ1n) is 4.64. The van der Waals surface area contributed by atoms with Crippen LogP contribution in [-0.4, -0.2) is 31.7 Å². The molecule has 1 amide bonds. The fourth-order valence-electron chi connectivity index (χ4n) is 1.42. The lowest BCUT2D eigenvalue weighted by atomic mass is 10.1. The van der Waals surface area contributed by atoms with Gasteiger partial charge in [0, 0.05) is 18.0 Å². The predicted octanol–water partition coefficient (Wildman–Crippen LogP) is 0.838. The minimum absolute atomic E-state index is 0.0116. The molecule has 1 saturated heterocycles. The summed E-state index contributed by atoms with van der Waals surface area (Å²) in [6, 6.07) is 0. The highest BCUT2D eigenvalue weighted by Crippen LogP contribution is 2.18. The minimum Gasteiger partial charge on any atom is -0.378 e. The van der Waals surface area contributed by atoms with Gasteiger partial charge in [-0.25, -0.2) is 0 Å². The molecule has 78 valence electrons. The van der Waals surface area contributed by atoms with Gasteiger partial charge in [-0.05, 0) is 18.9 Å². The summed E-state index contributed by atoms with van der Waals surface area (Å²) in [5.41, 5.74) is 8.00. The number of carbonyl (C=O) groups is 1. The van der Waals surface area contributed by atoms with E-state index in [0.29, 0.717) is 19.7 Å². The number of nitrogens with zero attached hydrogens (tertiary/aromatic N) is 3. The molecule has 1 aliphatic heterocycles. The molecule has 0 aliphatic carbocycles. The van der Waals surface area contributed by atoms with Crippen molar-refractivity contribution in [1.82, 2.24) is 5.32 Å². The lowest BCUT2D eigenvalue weighted by Crippen LogP contribution is -2.32. The van der Waals surface area contributed by atoms with Crippen molar-refractivity contribution in [3.63, 3.8) is 0 Å². The standard InChI is InChI=1S/C8H14N4O2/c1-6-4-7(5-14-6)8(13)10-2-3-11-12-9/h6-7H,2-5H2,1H3,(H,10,13). The Kier molecular flexibility index (Phi) is 4.22. The van der Waals surface area contributed by atoms with E-state index in [2.05, 4.69) is 15.3 Å². The molecule has 6 heteroatoms. The Morgan fingerprint density at radius 2 is 2.57 bits per heavy atom. The van der Waals surface area contributed by atoms with Gasteiger partial charge in [-0.3, -0.25) is 4.79 Å². The molecular weight excluding hydrogens is 184 g/mol. The lowest BCUT2D eigenvalue weighted by molar-refractivity contribution is -0.124. The molecule has 6 nitrogen and oxygen atoms in total. The second kappa shape index (κ2) is 5.47. The lowest BCUT2D eigenvalue weighted by Gasteiger charge is -2.07.